The van der Waals surface area contributed by atoms with Gasteiger partial charge in [0.2, 0.25) is 5.91 Å². The van der Waals surface area contributed by atoms with E-state index in [0.717, 1.165) is 35.2 Å². The molecule has 3 aromatic carbocycles. The molecule has 25 heavy (non-hydrogen) atoms. The lowest BCUT2D eigenvalue weighted by molar-refractivity contribution is -0.118. The molecule has 0 aromatic heterocycles. The molecule has 0 saturated heterocycles. The van der Waals surface area contributed by atoms with Crippen molar-refractivity contribution < 1.29 is 4.79 Å². The van der Waals surface area contributed by atoms with Crippen LogP contribution in [0, 0.1) is 0 Å². The van der Waals surface area contributed by atoms with Crippen molar-refractivity contribution >= 4 is 23.2 Å². The highest BCUT2D eigenvalue weighted by Gasteiger charge is 2.51. The predicted octanol–water partition coefficient (Wildman–Crippen LogP) is 5.68. The predicted molar refractivity (Wildman–Crippen MR) is 103 cm³/mol. The maximum Gasteiger partial charge on any atom is 0.235 e. The van der Waals surface area contributed by atoms with Gasteiger partial charge in [-0.2, -0.15) is 0 Å². The molecule has 0 bridgehead atoms. The highest BCUT2D eigenvalue weighted by atomic mass is 35.5. The molecule has 1 fully saturated rings. The van der Waals surface area contributed by atoms with Gasteiger partial charge in [0.15, 0.2) is 0 Å². The van der Waals surface area contributed by atoms with Crippen molar-refractivity contribution in [1.82, 2.24) is 0 Å². The Balaban J connectivity index is 1.56. The average Bonchev–Trinajstić information content (AvgIpc) is 3.45. The third kappa shape index (κ3) is 3.18. The summed E-state index contributed by atoms with van der Waals surface area (Å²) in [6.07, 6.45) is 1.75. The number of amides is 1. The Hall–Kier alpha value is -2.58. The van der Waals surface area contributed by atoms with Crippen LogP contribution in [0.15, 0.2) is 78.9 Å². The fourth-order valence-corrected chi connectivity index (χ4v) is 3.32. The van der Waals surface area contributed by atoms with Crippen molar-refractivity contribution in [1.29, 1.82) is 0 Å². The summed E-state index contributed by atoms with van der Waals surface area (Å²) in [5.74, 6) is 0.0556. The standard InChI is InChI=1S/C22H18ClNO/c23-19-11-9-18(10-12-19)22(13-14-22)21(25)24-20-8-4-7-17(15-20)16-5-2-1-3-6-16/h1-12,15H,13-14H2,(H,24,25). The monoisotopic (exact) mass is 347 g/mol. The topological polar surface area (TPSA) is 29.1 Å². The molecular formula is C22H18ClNO. The first kappa shape index (κ1) is 15.9. The molecule has 4 rings (SSSR count). The van der Waals surface area contributed by atoms with Crippen molar-refractivity contribution in [3.8, 4) is 11.1 Å². The Morgan fingerprint density at radius 2 is 1.52 bits per heavy atom. The second-order valence-corrected chi connectivity index (χ2v) is 6.93. The second-order valence-electron chi connectivity index (χ2n) is 6.49. The number of anilines is 1. The summed E-state index contributed by atoms with van der Waals surface area (Å²) in [5, 5.41) is 3.79. The van der Waals surface area contributed by atoms with E-state index in [4.69, 9.17) is 11.6 Å². The molecule has 0 radical (unpaired) electrons. The van der Waals surface area contributed by atoms with Gasteiger partial charge in [0.25, 0.3) is 0 Å². The van der Waals surface area contributed by atoms with Crippen LogP contribution >= 0.6 is 11.6 Å². The van der Waals surface area contributed by atoms with Crippen LogP contribution in [0.1, 0.15) is 18.4 Å². The minimum Gasteiger partial charge on any atom is -0.325 e. The number of rotatable bonds is 4. The molecule has 0 aliphatic heterocycles. The Bertz CT molecular complexity index is 899. The van der Waals surface area contributed by atoms with E-state index in [1.165, 1.54) is 0 Å². The molecule has 0 heterocycles. The van der Waals surface area contributed by atoms with E-state index in [-0.39, 0.29) is 5.91 Å². The SMILES string of the molecule is O=C(Nc1cccc(-c2ccccc2)c1)C1(c2ccc(Cl)cc2)CC1. The normalized spacial score (nSPS) is 14.8. The fourth-order valence-electron chi connectivity index (χ4n) is 3.20. The van der Waals surface area contributed by atoms with Gasteiger partial charge in [-0.1, -0.05) is 66.2 Å². The molecule has 1 saturated carbocycles. The third-order valence-electron chi connectivity index (χ3n) is 4.81. The molecule has 1 aliphatic carbocycles. The molecule has 1 aliphatic rings. The van der Waals surface area contributed by atoms with E-state index in [1.54, 1.807) is 0 Å². The van der Waals surface area contributed by atoms with E-state index in [1.807, 2.05) is 60.7 Å². The van der Waals surface area contributed by atoms with Crippen LogP contribution in [-0.4, -0.2) is 5.91 Å². The van der Waals surface area contributed by atoms with Crippen LogP contribution in [0.5, 0.6) is 0 Å². The van der Waals surface area contributed by atoms with Crippen molar-refractivity contribution in [3.05, 3.63) is 89.4 Å². The molecule has 3 heteroatoms. The lowest BCUT2D eigenvalue weighted by Gasteiger charge is -2.16. The quantitative estimate of drug-likeness (QED) is 0.646. The first-order valence-electron chi connectivity index (χ1n) is 8.40. The number of hydrogen-bond acceptors (Lipinski definition) is 1. The number of halogens is 1. The van der Waals surface area contributed by atoms with E-state index < -0.39 is 5.41 Å². The third-order valence-corrected chi connectivity index (χ3v) is 5.06. The van der Waals surface area contributed by atoms with Crippen molar-refractivity contribution in [3.63, 3.8) is 0 Å². The average molecular weight is 348 g/mol. The zero-order valence-corrected chi connectivity index (χ0v) is 14.5. The Morgan fingerprint density at radius 1 is 0.840 bits per heavy atom. The maximum absolute atomic E-state index is 12.9. The smallest absolute Gasteiger partial charge is 0.235 e. The molecule has 3 aromatic rings. The number of nitrogens with one attached hydrogen (secondary N) is 1. The highest BCUT2D eigenvalue weighted by molar-refractivity contribution is 6.30. The summed E-state index contributed by atoms with van der Waals surface area (Å²) in [7, 11) is 0. The van der Waals surface area contributed by atoms with Gasteiger partial charge < -0.3 is 5.32 Å². The minimum absolute atomic E-state index is 0.0556. The molecule has 124 valence electrons. The first-order valence-corrected chi connectivity index (χ1v) is 8.78. The van der Waals surface area contributed by atoms with Crippen LogP contribution in [0.25, 0.3) is 11.1 Å². The summed E-state index contributed by atoms with van der Waals surface area (Å²) in [6, 6.07) is 25.7. The van der Waals surface area contributed by atoms with Gasteiger partial charge in [0, 0.05) is 10.7 Å². The molecule has 1 amide bonds. The number of carbonyl (C=O) groups is 1. The van der Waals surface area contributed by atoms with Crippen LogP contribution in [0.2, 0.25) is 5.02 Å². The largest absolute Gasteiger partial charge is 0.325 e. The first-order chi connectivity index (χ1) is 12.2. The summed E-state index contributed by atoms with van der Waals surface area (Å²) in [6.45, 7) is 0. The zero-order valence-electron chi connectivity index (χ0n) is 13.7. The lowest BCUT2D eigenvalue weighted by Crippen LogP contribution is -2.27. The van der Waals surface area contributed by atoms with E-state index in [2.05, 4.69) is 23.5 Å². The molecule has 2 nitrogen and oxygen atoms in total. The van der Waals surface area contributed by atoms with Gasteiger partial charge in [-0.15, -0.1) is 0 Å². The lowest BCUT2D eigenvalue weighted by atomic mass is 9.95. The van der Waals surface area contributed by atoms with Crippen molar-refractivity contribution in [2.45, 2.75) is 18.3 Å². The number of carbonyl (C=O) groups excluding carboxylic acids is 1. The van der Waals surface area contributed by atoms with Crippen LogP contribution < -0.4 is 5.32 Å². The van der Waals surface area contributed by atoms with E-state index >= 15 is 0 Å². The number of hydrogen-bond donors (Lipinski definition) is 1. The molecule has 1 N–H and O–H groups in total. The second kappa shape index (κ2) is 6.38. The van der Waals surface area contributed by atoms with Gasteiger partial charge >= 0.3 is 0 Å². The van der Waals surface area contributed by atoms with Gasteiger partial charge in [-0.05, 0) is 53.8 Å². The van der Waals surface area contributed by atoms with Crippen LogP contribution in [0.4, 0.5) is 5.69 Å². The van der Waals surface area contributed by atoms with Gasteiger partial charge in [0.1, 0.15) is 0 Å². The summed E-state index contributed by atoms with van der Waals surface area (Å²) < 4.78 is 0. The zero-order chi connectivity index (χ0) is 17.3. The van der Waals surface area contributed by atoms with Crippen LogP contribution in [-0.2, 0) is 10.2 Å². The summed E-state index contributed by atoms with van der Waals surface area (Å²) in [5.41, 5.74) is 3.68. The Morgan fingerprint density at radius 3 is 2.20 bits per heavy atom. The molecule has 0 atom stereocenters. The van der Waals surface area contributed by atoms with E-state index in [9.17, 15) is 4.79 Å². The van der Waals surface area contributed by atoms with Crippen LogP contribution in [0.3, 0.4) is 0 Å². The molecule has 0 spiro atoms. The minimum atomic E-state index is -0.409. The maximum atomic E-state index is 12.9. The van der Waals surface area contributed by atoms with Crippen molar-refractivity contribution in [2.75, 3.05) is 5.32 Å². The Kier molecular flexibility index (Phi) is 4.06. The van der Waals surface area contributed by atoms with Gasteiger partial charge in [0.05, 0.1) is 5.41 Å². The summed E-state index contributed by atoms with van der Waals surface area (Å²) in [4.78, 5) is 12.9. The van der Waals surface area contributed by atoms with Crippen molar-refractivity contribution in [2.24, 2.45) is 0 Å². The van der Waals surface area contributed by atoms with Gasteiger partial charge in [-0.3, -0.25) is 4.79 Å². The molecule has 0 unspecified atom stereocenters. The van der Waals surface area contributed by atoms with E-state index in [0.29, 0.717) is 5.02 Å². The Labute approximate surface area is 152 Å². The van der Waals surface area contributed by atoms with Gasteiger partial charge in [-0.25, -0.2) is 0 Å². The highest BCUT2D eigenvalue weighted by Crippen LogP contribution is 2.49. The number of benzene rings is 3. The fraction of sp³-hybridized carbons (Fsp3) is 0.136. The summed E-state index contributed by atoms with van der Waals surface area (Å²) >= 11 is 5.97. The molecular weight excluding hydrogens is 330 g/mol.